The lowest BCUT2D eigenvalue weighted by Gasteiger charge is -2.11. The molecule has 0 radical (unpaired) electrons. The third-order valence-electron chi connectivity index (χ3n) is 2.95. The standard InChI is InChI=1S/C16H17NO3/c17-16(19)14-10-12(8-9-18)6-7-15(14)20-11-13-4-2-1-3-5-13/h1-7,10,18H,8-9,11H2,(H2,17,19). The van der Waals surface area contributed by atoms with Crippen LogP contribution in [-0.4, -0.2) is 17.6 Å². The zero-order chi connectivity index (χ0) is 14.4. The number of carbonyl (C=O) groups excluding carboxylic acids is 1. The molecule has 3 N–H and O–H groups in total. The summed E-state index contributed by atoms with van der Waals surface area (Å²) in [5, 5.41) is 8.92. The number of primary amides is 1. The molecule has 2 rings (SSSR count). The highest BCUT2D eigenvalue weighted by Crippen LogP contribution is 2.21. The van der Waals surface area contributed by atoms with Gasteiger partial charge in [0.1, 0.15) is 12.4 Å². The van der Waals surface area contributed by atoms with Gasteiger partial charge in [-0.25, -0.2) is 0 Å². The van der Waals surface area contributed by atoms with Crippen molar-refractivity contribution in [1.29, 1.82) is 0 Å². The summed E-state index contributed by atoms with van der Waals surface area (Å²) in [6.45, 7) is 0.406. The van der Waals surface area contributed by atoms with Gasteiger partial charge in [0.05, 0.1) is 5.56 Å². The number of benzene rings is 2. The van der Waals surface area contributed by atoms with E-state index < -0.39 is 5.91 Å². The molecule has 0 fully saturated rings. The van der Waals surface area contributed by atoms with Gasteiger partial charge in [-0.1, -0.05) is 36.4 Å². The first kappa shape index (κ1) is 14.1. The molecular formula is C16H17NO3. The average molecular weight is 271 g/mol. The van der Waals surface area contributed by atoms with E-state index in [2.05, 4.69) is 0 Å². The smallest absolute Gasteiger partial charge is 0.252 e. The highest BCUT2D eigenvalue weighted by Gasteiger charge is 2.10. The van der Waals surface area contributed by atoms with E-state index >= 15 is 0 Å². The van der Waals surface area contributed by atoms with Gasteiger partial charge in [-0.2, -0.15) is 0 Å². The monoisotopic (exact) mass is 271 g/mol. The number of rotatable bonds is 6. The van der Waals surface area contributed by atoms with Crippen LogP contribution in [0.25, 0.3) is 0 Å². The van der Waals surface area contributed by atoms with E-state index in [1.165, 1.54) is 0 Å². The Hall–Kier alpha value is -2.33. The summed E-state index contributed by atoms with van der Waals surface area (Å²) in [6.07, 6.45) is 0.485. The molecule has 0 saturated carbocycles. The lowest BCUT2D eigenvalue weighted by atomic mass is 10.1. The van der Waals surface area contributed by atoms with Gasteiger partial charge < -0.3 is 15.6 Å². The third kappa shape index (κ3) is 3.59. The van der Waals surface area contributed by atoms with Crippen LogP contribution >= 0.6 is 0 Å². The van der Waals surface area contributed by atoms with Crippen molar-refractivity contribution in [2.45, 2.75) is 13.0 Å². The molecule has 0 bridgehead atoms. The molecule has 0 aliphatic carbocycles. The second-order valence-corrected chi connectivity index (χ2v) is 4.44. The van der Waals surface area contributed by atoms with Crippen LogP contribution in [0.5, 0.6) is 5.75 Å². The van der Waals surface area contributed by atoms with Crippen molar-refractivity contribution in [2.75, 3.05) is 6.61 Å². The van der Waals surface area contributed by atoms with Crippen molar-refractivity contribution < 1.29 is 14.6 Å². The van der Waals surface area contributed by atoms with Crippen LogP contribution in [0.1, 0.15) is 21.5 Å². The molecule has 0 aliphatic rings. The number of aliphatic hydroxyl groups is 1. The minimum atomic E-state index is -0.534. The van der Waals surface area contributed by atoms with Gasteiger partial charge >= 0.3 is 0 Å². The molecule has 0 aromatic heterocycles. The second kappa shape index (κ2) is 6.73. The summed E-state index contributed by atoms with van der Waals surface area (Å²) in [5.41, 5.74) is 7.58. The molecule has 0 heterocycles. The predicted molar refractivity (Wildman–Crippen MR) is 76.5 cm³/mol. The van der Waals surface area contributed by atoms with Gasteiger partial charge in [-0.15, -0.1) is 0 Å². The average Bonchev–Trinajstić information content (AvgIpc) is 2.47. The number of ether oxygens (including phenoxy) is 1. The molecule has 4 heteroatoms. The summed E-state index contributed by atoms with van der Waals surface area (Å²) < 4.78 is 5.65. The molecule has 0 unspecified atom stereocenters. The maximum Gasteiger partial charge on any atom is 0.252 e. The van der Waals surface area contributed by atoms with Crippen LogP contribution in [0.2, 0.25) is 0 Å². The van der Waals surface area contributed by atoms with Gasteiger partial charge in [-0.3, -0.25) is 4.79 Å². The highest BCUT2D eigenvalue weighted by molar-refractivity contribution is 5.95. The van der Waals surface area contributed by atoms with Crippen molar-refractivity contribution in [3.05, 3.63) is 65.2 Å². The highest BCUT2D eigenvalue weighted by atomic mass is 16.5. The number of nitrogens with two attached hydrogens (primary N) is 1. The van der Waals surface area contributed by atoms with E-state index in [1.54, 1.807) is 12.1 Å². The van der Waals surface area contributed by atoms with Crippen LogP contribution in [-0.2, 0) is 13.0 Å². The van der Waals surface area contributed by atoms with Gasteiger partial charge in [0.25, 0.3) is 5.91 Å². The summed E-state index contributed by atoms with van der Waals surface area (Å²) in [4.78, 5) is 11.5. The Kier molecular flexibility index (Phi) is 4.74. The fraction of sp³-hybridized carbons (Fsp3) is 0.188. The minimum absolute atomic E-state index is 0.0302. The number of amides is 1. The van der Waals surface area contributed by atoms with Crippen molar-refractivity contribution in [1.82, 2.24) is 0 Å². The first-order valence-electron chi connectivity index (χ1n) is 6.41. The van der Waals surface area contributed by atoms with E-state index in [1.807, 2.05) is 36.4 Å². The van der Waals surface area contributed by atoms with Gasteiger partial charge in [-0.05, 0) is 29.7 Å². The van der Waals surface area contributed by atoms with E-state index in [0.29, 0.717) is 24.3 Å². The molecule has 2 aromatic rings. The second-order valence-electron chi connectivity index (χ2n) is 4.44. The van der Waals surface area contributed by atoms with Crippen LogP contribution in [0.4, 0.5) is 0 Å². The van der Waals surface area contributed by atoms with Gasteiger partial charge in [0.2, 0.25) is 0 Å². The molecular weight excluding hydrogens is 254 g/mol. The Morgan fingerprint density at radius 2 is 1.85 bits per heavy atom. The molecule has 0 saturated heterocycles. The lowest BCUT2D eigenvalue weighted by Crippen LogP contribution is -2.13. The molecule has 1 amide bonds. The Bertz CT molecular complexity index is 582. The number of hydrogen-bond donors (Lipinski definition) is 2. The summed E-state index contributed by atoms with van der Waals surface area (Å²) in [5.74, 6) is -0.0732. The van der Waals surface area contributed by atoms with Gasteiger partial charge in [0, 0.05) is 6.61 Å². The molecule has 104 valence electrons. The maximum atomic E-state index is 11.5. The summed E-state index contributed by atoms with van der Waals surface area (Å²) >= 11 is 0. The predicted octanol–water partition coefficient (Wildman–Crippen LogP) is 1.90. The molecule has 20 heavy (non-hydrogen) atoms. The molecule has 4 nitrogen and oxygen atoms in total. The number of carbonyl (C=O) groups is 1. The normalized spacial score (nSPS) is 10.2. The number of aliphatic hydroxyl groups excluding tert-OH is 1. The Morgan fingerprint density at radius 1 is 1.10 bits per heavy atom. The SMILES string of the molecule is NC(=O)c1cc(CCO)ccc1OCc1ccccc1. The van der Waals surface area contributed by atoms with E-state index in [-0.39, 0.29) is 6.61 Å². The number of hydrogen-bond acceptors (Lipinski definition) is 3. The van der Waals surface area contributed by atoms with Crippen LogP contribution in [0.15, 0.2) is 48.5 Å². The molecule has 0 aliphatic heterocycles. The Balaban J connectivity index is 2.16. The van der Waals surface area contributed by atoms with Crippen molar-refractivity contribution in [3.8, 4) is 5.75 Å². The minimum Gasteiger partial charge on any atom is -0.488 e. The van der Waals surface area contributed by atoms with Crippen molar-refractivity contribution in [3.63, 3.8) is 0 Å². The largest absolute Gasteiger partial charge is 0.488 e. The van der Waals surface area contributed by atoms with E-state index in [9.17, 15) is 4.79 Å². The van der Waals surface area contributed by atoms with E-state index in [4.69, 9.17) is 15.6 Å². The Labute approximate surface area is 117 Å². The zero-order valence-electron chi connectivity index (χ0n) is 11.1. The quantitative estimate of drug-likeness (QED) is 0.842. The van der Waals surface area contributed by atoms with Crippen molar-refractivity contribution >= 4 is 5.91 Å². The molecule has 2 aromatic carbocycles. The van der Waals surface area contributed by atoms with Crippen LogP contribution in [0.3, 0.4) is 0 Å². The summed E-state index contributed by atoms with van der Waals surface area (Å²) in [7, 11) is 0. The topological polar surface area (TPSA) is 72.6 Å². The van der Waals surface area contributed by atoms with E-state index in [0.717, 1.165) is 11.1 Å². The first-order chi connectivity index (χ1) is 9.70. The Morgan fingerprint density at radius 3 is 2.50 bits per heavy atom. The lowest BCUT2D eigenvalue weighted by molar-refractivity contribution is 0.0995. The zero-order valence-corrected chi connectivity index (χ0v) is 11.1. The maximum absolute atomic E-state index is 11.5. The van der Waals surface area contributed by atoms with Gasteiger partial charge in [0.15, 0.2) is 0 Å². The fourth-order valence-electron chi connectivity index (χ4n) is 1.92. The molecule has 0 spiro atoms. The van der Waals surface area contributed by atoms with Crippen LogP contribution in [0, 0.1) is 0 Å². The van der Waals surface area contributed by atoms with Crippen molar-refractivity contribution in [2.24, 2.45) is 5.73 Å². The fourth-order valence-corrected chi connectivity index (χ4v) is 1.92. The molecule has 0 atom stereocenters. The van der Waals surface area contributed by atoms with Crippen LogP contribution < -0.4 is 10.5 Å². The third-order valence-corrected chi connectivity index (χ3v) is 2.95. The first-order valence-corrected chi connectivity index (χ1v) is 6.41. The summed E-state index contributed by atoms with van der Waals surface area (Å²) in [6, 6.07) is 14.9.